The lowest BCUT2D eigenvalue weighted by Crippen LogP contribution is -2.37. The first-order chi connectivity index (χ1) is 10.3. The molecule has 5 nitrogen and oxygen atoms in total. The van der Waals surface area contributed by atoms with Gasteiger partial charge < -0.3 is 14.6 Å². The highest BCUT2D eigenvalue weighted by Crippen LogP contribution is 2.43. The van der Waals surface area contributed by atoms with E-state index in [-0.39, 0.29) is 23.9 Å². The quantitative estimate of drug-likeness (QED) is 0.364. The Morgan fingerprint density at radius 2 is 2.23 bits per heavy atom. The SMILES string of the molecule is C=C1C(=O)OC2CC(C)=C([C@@H](C)CCCOC(C)=O)[C@H](O)C12. The Morgan fingerprint density at radius 3 is 2.86 bits per heavy atom. The molecule has 5 heteroatoms. The van der Waals surface area contributed by atoms with Crippen molar-refractivity contribution < 1.29 is 24.2 Å². The van der Waals surface area contributed by atoms with E-state index in [1.54, 1.807) is 0 Å². The molecule has 0 saturated carbocycles. The molecule has 0 radical (unpaired) electrons. The van der Waals surface area contributed by atoms with Crippen LogP contribution in [0.3, 0.4) is 0 Å². The van der Waals surface area contributed by atoms with E-state index in [2.05, 4.69) is 13.5 Å². The van der Waals surface area contributed by atoms with E-state index >= 15 is 0 Å². The summed E-state index contributed by atoms with van der Waals surface area (Å²) in [5, 5.41) is 10.7. The predicted octanol–water partition coefficient (Wildman–Crippen LogP) is 2.14. The first-order valence-electron chi connectivity index (χ1n) is 7.73. The average Bonchev–Trinajstić information content (AvgIpc) is 2.69. The summed E-state index contributed by atoms with van der Waals surface area (Å²) in [6.45, 7) is 9.58. The molecule has 0 aromatic carbocycles. The number of carbonyl (C=O) groups excluding carboxylic acids is 2. The number of ether oxygens (including phenoxy) is 2. The third-order valence-electron chi connectivity index (χ3n) is 4.60. The second-order valence-electron chi connectivity index (χ2n) is 6.26. The van der Waals surface area contributed by atoms with Crippen molar-refractivity contribution in [3.05, 3.63) is 23.3 Å². The van der Waals surface area contributed by atoms with Gasteiger partial charge >= 0.3 is 11.9 Å². The van der Waals surface area contributed by atoms with Crippen LogP contribution in [0.25, 0.3) is 0 Å². The monoisotopic (exact) mass is 308 g/mol. The van der Waals surface area contributed by atoms with Crippen LogP contribution in [0.15, 0.2) is 23.3 Å². The number of esters is 2. The maximum absolute atomic E-state index is 11.6. The van der Waals surface area contributed by atoms with Crippen LogP contribution in [0.1, 0.15) is 40.0 Å². The highest BCUT2D eigenvalue weighted by atomic mass is 16.6. The molecule has 122 valence electrons. The smallest absolute Gasteiger partial charge is 0.334 e. The zero-order chi connectivity index (χ0) is 16.4. The average molecular weight is 308 g/mol. The van der Waals surface area contributed by atoms with Crippen LogP contribution in [0, 0.1) is 11.8 Å². The molecule has 22 heavy (non-hydrogen) atoms. The second-order valence-corrected chi connectivity index (χ2v) is 6.26. The highest BCUT2D eigenvalue weighted by molar-refractivity contribution is 5.91. The van der Waals surface area contributed by atoms with Gasteiger partial charge in [-0.25, -0.2) is 4.79 Å². The van der Waals surface area contributed by atoms with Gasteiger partial charge in [-0.2, -0.15) is 0 Å². The van der Waals surface area contributed by atoms with Crippen LogP contribution < -0.4 is 0 Å². The van der Waals surface area contributed by atoms with Crippen molar-refractivity contribution in [1.29, 1.82) is 0 Å². The second kappa shape index (κ2) is 6.65. The van der Waals surface area contributed by atoms with E-state index in [0.29, 0.717) is 18.6 Å². The molecule has 4 atom stereocenters. The van der Waals surface area contributed by atoms with Gasteiger partial charge in [0.1, 0.15) is 6.10 Å². The molecule has 1 saturated heterocycles. The van der Waals surface area contributed by atoms with Crippen molar-refractivity contribution in [1.82, 2.24) is 0 Å². The van der Waals surface area contributed by atoms with Crippen LogP contribution in [0.2, 0.25) is 0 Å². The zero-order valence-electron chi connectivity index (χ0n) is 13.4. The maximum Gasteiger partial charge on any atom is 0.334 e. The fourth-order valence-electron chi connectivity index (χ4n) is 3.55. The topological polar surface area (TPSA) is 72.8 Å². The Labute approximate surface area is 131 Å². The fourth-order valence-corrected chi connectivity index (χ4v) is 3.55. The van der Waals surface area contributed by atoms with Crippen molar-refractivity contribution in [2.75, 3.05) is 6.61 Å². The van der Waals surface area contributed by atoms with Crippen molar-refractivity contribution in [3.63, 3.8) is 0 Å². The summed E-state index contributed by atoms with van der Waals surface area (Å²) < 4.78 is 10.2. The molecule has 1 aliphatic heterocycles. The Kier molecular flexibility index (Phi) is 5.06. The molecule has 1 fully saturated rings. The third-order valence-corrected chi connectivity index (χ3v) is 4.60. The molecule has 0 spiro atoms. The minimum absolute atomic E-state index is 0.162. The van der Waals surface area contributed by atoms with Gasteiger partial charge in [0.05, 0.1) is 18.6 Å². The Balaban J connectivity index is 2.03. The van der Waals surface area contributed by atoms with E-state index in [1.165, 1.54) is 6.92 Å². The summed E-state index contributed by atoms with van der Waals surface area (Å²) in [5.74, 6) is -0.843. The van der Waals surface area contributed by atoms with Gasteiger partial charge in [-0.1, -0.05) is 19.1 Å². The van der Waals surface area contributed by atoms with Gasteiger partial charge in [-0.05, 0) is 31.3 Å². The van der Waals surface area contributed by atoms with Crippen LogP contribution in [-0.2, 0) is 19.1 Å². The summed E-state index contributed by atoms with van der Waals surface area (Å²) in [6, 6.07) is 0. The maximum atomic E-state index is 11.6. The molecule has 0 aromatic rings. The van der Waals surface area contributed by atoms with Crippen molar-refractivity contribution in [3.8, 4) is 0 Å². The number of aliphatic hydroxyl groups is 1. The number of aliphatic hydroxyl groups excluding tert-OH is 1. The van der Waals surface area contributed by atoms with Gasteiger partial charge in [0, 0.05) is 18.9 Å². The highest BCUT2D eigenvalue weighted by Gasteiger charge is 2.47. The number of rotatable bonds is 5. The van der Waals surface area contributed by atoms with Gasteiger partial charge in [-0.3, -0.25) is 4.79 Å². The van der Waals surface area contributed by atoms with Gasteiger partial charge in [0.2, 0.25) is 0 Å². The zero-order valence-corrected chi connectivity index (χ0v) is 13.4. The first-order valence-corrected chi connectivity index (χ1v) is 7.73. The van der Waals surface area contributed by atoms with Crippen molar-refractivity contribution in [2.24, 2.45) is 11.8 Å². The minimum Gasteiger partial charge on any atom is -0.466 e. The molecule has 2 unspecified atom stereocenters. The van der Waals surface area contributed by atoms with E-state index in [4.69, 9.17) is 9.47 Å². The lowest BCUT2D eigenvalue weighted by molar-refractivity contribution is -0.141. The van der Waals surface area contributed by atoms with Crippen molar-refractivity contribution in [2.45, 2.75) is 52.2 Å². The summed E-state index contributed by atoms with van der Waals surface area (Å²) in [6.07, 6.45) is 1.20. The lowest BCUT2D eigenvalue weighted by atomic mass is 9.73. The number of fused-ring (bicyclic) bond motifs is 1. The van der Waals surface area contributed by atoms with E-state index in [0.717, 1.165) is 24.0 Å². The van der Waals surface area contributed by atoms with E-state index in [1.807, 2.05) is 6.92 Å². The van der Waals surface area contributed by atoms with Crippen molar-refractivity contribution >= 4 is 11.9 Å². The van der Waals surface area contributed by atoms with Crippen LogP contribution >= 0.6 is 0 Å². The minimum atomic E-state index is -0.721. The Bertz CT molecular complexity index is 519. The van der Waals surface area contributed by atoms with Gasteiger partial charge in [0.15, 0.2) is 0 Å². The number of hydrogen-bond donors (Lipinski definition) is 1. The molecule has 0 bridgehead atoms. The third kappa shape index (κ3) is 3.24. The van der Waals surface area contributed by atoms with Crippen LogP contribution in [-0.4, -0.2) is 35.9 Å². The summed E-state index contributed by atoms with van der Waals surface area (Å²) >= 11 is 0. The molecular formula is C17H24O5. The lowest BCUT2D eigenvalue weighted by Gasteiger charge is -2.35. The fraction of sp³-hybridized carbons (Fsp3) is 0.647. The predicted molar refractivity (Wildman–Crippen MR) is 80.9 cm³/mol. The normalized spacial score (nSPS) is 29.2. The molecule has 0 aromatic heterocycles. The van der Waals surface area contributed by atoms with E-state index in [9.17, 15) is 14.7 Å². The summed E-state index contributed by atoms with van der Waals surface area (Å²) in [5.41, 5.74) is 2.43. The first kappa shape index (κ1) is 16.7. The Morgan fingerprint density at radius 1 is 1.55 bits per heavy atom. The standard InChI is InChI=1S/C17H24O5/c1-9(6-5-7-21-12(4)18)14-10(2)8-13-15(16(14)19)11(3)17(20)22-13/h9,13,15-16,19H,3,5-8H2,1-2,4H3/t9-,13?,15?,16-/m0/s1. The van der Waals surface area contributed by atoms with Crippen LogP contribution in [0.5, 0.6) is 0 Å². The van der Waals surface area contributed by atoms with Gasteiger partial charge in [-0.15, -0.1) is 0 Å². The molecular weight excluding hydrogens is 284 g/mol. The molecule has 2 aliphatic rings. The largest absolute Gasteiger partial charge is 0.466 e. The number of hydrogen-bond acceptors (Lipinski definition) is 5. The molecule has 2 rings (SSSR count). The molecule has 1 N–H and O–H groups in total. The summed E-state index contributed by atoms with van der Waals surface area (Å²) in [4.78, 5) is 22.4. The van der Waals surface area contributed by atoms with E-state index < -0.39 is 12.1 Å². The molecule has 1 aliphatic carbocycles. The molecule has 1 heterocycles. The Hall–Kier alpha value is -1.62. The van der Waals surface area contributed by atoms with Gasteiger partial charge in [0.25, 0.3) is 0 Å². The summed E-state index contributed by atoms with van der Waals surface area (Å²) in [7, 11) is 0. The molecule has 0 amide bonds. The van der Waals surface area contributed by atoms with Crippen LogP contribution in [0.4, 0.5) is 0 Å². The number of carbonyl (C=O) groups is 2.